The maximum atomic E-state index is 11.7. The molecule has 1 saturated carbocycles. The van der Waals surface area contributed by atoms with Crippen molar-refractivity contribution >= 4 is 5.91 Å². The molecule has 1 rings (SSSR count). The first kappa shape index (κ1) is 12.5. The zero-order chi connectivity index (χ0) is 11.3. The number of carbonyl (C=O) groups is 1. The summed E-state index contributed by atoms with van der Waals surface area (Å²) in [5.41, 5.74) is 5.46. The third-order valence-electron chi connectivity index (χ3n) is 4.17. The number of hydrogen-bond donors (Lipinski definition) is 1. The van der Waals surface area contributed by atoms with Gasteiger partial charge in [-0.3, -0.25) is 4.79 Å². The van der Waals surface area contributed by atoms with Crippen molar-refractivity contribution in [2.75, 3.05) is 0 Å². The molecule has 2 N–H and O–H groups in total. The molecule has 0 saturated heterocycles. The molecule has 2 nitrogen and oxygen atoms in total. The van der Waals surface area contributed by atoms with E-state index in [4.69, 9.17) is 5.73 Å². The lowest BCUT2D eigenvalue weighted by atomic mass is 9.68. The zero-order valence-corrected chi connectivity index (χ0v) is 10.2. The van der Waals surface area contributed by atoms with Gasteiger partial charge < -0.3 is 5.73 Å². The molecule has 1 aliphatic carbocycles. The summed E-state index contributed by atoms with van der Waals surface area (Å²) in [5.74, 6) is 0.629. The van der Waals surface area contributed by atoms with Crippen molar-refractivity contribution in [1.29, 1.82) is 0 Å². The molecule has 1 aliphatic rings. The predicted octanol–water partition coefficient (Wildman–Crippen LogP) is 3.25. The van der Waals surface area contributed by atoms with Gasteiger partial charge >= 0.3 is 0 Å². The van der Waals surface area contributed by atoms with Crippen LogP contribution >= 0.6 is 0 Å². The fourth-order valence-corrected chi connectivity index (χ4v) is 2.91. The van der Waals surface area contributed by atoms with E-state index in [0.29, 0.717) is 5.92 Å². The van der Waals surface area contributed by atoms with Gasteiger partial charge in [-0.1, -0.05) is 46.0 Å². The smallest absolute Gasteiger partial charge is 0.223 e. The Morgan fingerprint density at radius 2 is 1.73 bits per heavy atom. The fourth-order valence-electron chi connectivity index (χ4n) is 2.91. The second-order valence-electron chi connectivity index (χ2n) is 5.09. The summed E-state index contributed by atoms with van der Waals surface area (Å²) >= 11 is 0. The largest absolute Gasteiger partial charge is 0.369 e. The van der Waals surface area contributed by atoms with Crippen molar-refractivity contribution in [3.05, 3.63) is 0 Å². The Kier molecular flexibility index (Phi) is 4.62. The van der Waals surface area contributed by atoms with Crippen molar-refractivity contribution in [2.24, 2.45) is 17.1 Å². The van der Waals surface area contributed by atoms with Gasteiger partial charge in [-0.15, -0.1) is 0 Å². The number of carbonyl (C=O) groups excluding carboxylic acids is 1. The van der Waals surface area contributed by atoms with Crippen LogP contribution in [0.3, 0.4) is 0 Å². The van der Waals surface area contributed by atoms with Crippen molar-refractivity contribution in [3.63, 3.8) is 0 Å². The van der Waals surface area contributed by atoms with Gasteiger partial charge in [-0.05, 0) is 25.2 Å². The van der Waals surface area contributed by atoms with Crippen LogP contribution in [-0.4, -0.2) is 5.91 Å². The van der Waals surface area contributed by atoms with Gasteiger partial charge in [0.05, 0.1) is 0 Å². The molecule has 0 aromatic heterocycles. The van der Waals surface area contributed by atoms with Gasteiger partial charge in [-0.2, -0.15) is 0 Å². The lowest BCUT2D eigenvalue weighted by Gasteiger charge is -2.36. The van der Waals surface area contributed by atoms with E-state index in [2.05, 4.69) is 13.8 Å². The number of amides is 1. The van der Waals surface area contributed by atoms with Crippen molar-refractivity contribution in [1.82, 2.24) is 0 Å². The summed E-state index contributed by atoms with van der Waals surface area (Å²) in [6.07, 6.45) is 9.06. The van der Waals surface area contributed by atoms with Gasteiger partial charge in [0.15, 0.2) is 0 Å². The SMILES string of the molecule is CCC(CC)CC1(C(N)=O)CCCCC1. The average molecular weight is 211 g/mol. The topological polar surface area (TPSA) is 43.1 Å². The molecule has 0 spiro atoms. The molecule has 1 fully saturated rings. The summed E-state index contributed by atoms with van der Waals surface area (Å²) in [5, 5.41) is 0. The van der Waals surface area contributed by atoms with Gasteiger partial charge in [0.1, 0.15) is 0 Å². The van der Waals surface area contributed by atoms with E-state index in [1.165, 1.54) is 32.1 Å². The monoisotopic (exact) mass is 211 g/mol. The van der Waals surface area contributed by atoms with Crippen molar-refractivity contribution in [3.8, 4) is 0 Å². The van der Waals surface area contributed by atoms with E-state index in [1.807, 2.05) is 0 Å². The molecule has 0 atom stereocenters. The fraction of sp³-hybridized carbons (Fsp3) is 0.923. The van der Waals surface area contributed by atoms with E-state index in [9.17, 15) is 4.79 Å². The Morgan fingerprint density at radius 3 is 2.13 bits per heavy atom. The molecule has 0 aliphatic heterocycles. The van der Waals surface area contributed by atoms with Crippen molar-refractivity contribution < 1.29 is 4.79 Å². The minimum Gasteiger partial charge on any atom is -0.369 e. The minimum absolute atomic E-state index is 0.0471. The molecular weight excluding hydrogens is 186 g/mol. The Labute approximate surface area is 93.6 Å². The summed E-state index contributed by atoms with van der Waals surface area (Å²) in [6.45, 7) is 4.43. The third-order valence-corrected chi connectivity index (χ3v) is 4.17. The summed E-state index contributed by atoms with van der Waals surface area (Å²) in [4.78, 5) is 11.7. The van der Waals surface area contributed by atoms with E-state index in [0.717, 1.165) is 19.3 Å². The predicted molar refractivity (Wildman–Crippen MR) is 63.4 cm³/mol. The maximum Gasteiger partial charge on any atom is 0.223 e. The van der Waals surface area contributed by atoms with E-state index < -0.39 is 0 Å². The van der Waals surface area contributed by atoms with Gasteiger partial charge in [0, 0.05) is 5.41 Å². The Morgan fingerprint density at radius 1 is 1.20 bits per heavy atom. The summed E-state index contributed by atoms with van der Waals surface area (Å²) < 4.78 is 0. The molecule has 0 heterocycles. The van der Waals surface area contributed by atoms with Crippen LogP contribution in [0.2, 0.25) is 0 Å². The quantitative estimate of drug-likeness (QED) is 0.745. The summed E-state index contributed by atoms with van der Waals surface area (Å²) in [6, 6.07) is 0. The van der Waals surface area contributed by atoms with Crippen LogP contribution in [0.25, 0.3) is 0 Å². The van der Waals surface area contributed by atoms with Crippen LogP contribution < -0.4 is 5.73 Å². The van der Waals surface area contributed by atoms with Crippen LogP contribution in [0.1, 0.15) is 65.2 Å². The molecule has 88 valence electrons. The molecule has 0 radical (unpaired) electrons. The van der Waals surface area contributed by atoms with Crippen LogP contribution in [0.5, 0.6) is 0 Å². The second kappa shape index (κ2) is 5.53. The van der Waals surface area contributed by atoms with Gasteiger partial charge in [0.25, 0.3) is 0 Å². The molecule has 2 heteroatoms. The molecule has 0 unspecified atom stereocenters. The molecular formula is C13H25NO. The highest BCUT2D eigenvalue weighted by Gasteiger charge is 2.38. The van der Waals surface area contributed by atoms with Gasteiger partial charge in [0.2, 0.25) is 5.91 Å². The number of primary amides is 1. The molecule has 0 bridgehead atoms. The van der Waals surface area contributed by atoms with Crippen LogP contribution in [-0.2, 0) is 4.79 Å². The summed E-state index contributed by atoms with van der Waals surface area (Å²) in [7, 11) is 0. The van der Waals surface area contributed by atoms with E-state index in [-0.39, 0.29) is 11.3 Å². The normalized spacial score (nSPS) is 20.5. The maximum absolute atomic E-state index is 11.7. The Hall–Kier alpha value is -0.530. The Bertz CT molecular complexity index is 203. The highest BCUT2D eigenvalue weighted by atomic mass is 16.1. The first-order valence-electron chi connectivity index (χ1n) is 6.44. The van der Waals surface area contributed by atoms with E-state index >= 15 is 0 Å². The Balaban J connectivity index is 2.67. The number of rotatable bonds is 5. The highest BCUT2D eigenvalue weighted by molar-refractivity contribution is 5.80. The number of hydrogen-bond acceptors (Lipinski definition) is 1. The van der Waals surface area contributed by atoms with Crippen LogP contribution in [0, 0.1) is 11.3 Å². The highest BCUT2D eigenvalue weighted by Crippen LogP contribution is 2.42. The van der Waals surface area contributed by atoms with Crippen molar-refractivity contribution in [2.45, 2.75) is 65.2 Å². The first-order chi connectivity index (χ1) is 7.14. The van der Waals surface area contributed by atoms with E-state index in [1.54, 1.807) is 0 Å². The van der Waals surface area contributed by atoms with Crippen LogP contribution in [0.15, 0.2) is 0 Å². The lowest BCUT2D eigenvalue weighted by molar-refractivity contribution is -0.130. The van der Waals surface area contributed by atoms with Gasteiger partial charge in [-0.25, -0.2) is 0 Å². The van der Waals surface area contributed by atoms with Crippen LogP contribution in [0.4, 0.5) is 0 Å². The minimum atomic E-state index is -0.158. The molecule has 0 aromatic carbocycles. The molecule has 1 amide bonds. The molecule has 15 heavy (non-hydrogen) atoms. The average Bonchev–Trinajstić information content (AvgIpc) is 2.27. The lowest BCUT2D eigenvalue weighted by Crippen LogP contribution is -2.40. The standard InChI is InChI=1S/C13H25NO/c1-3-11(4-2)10-13(12(14)15)8-6-5-7-9-13/h11H,3-10H2,1-2H3,(H2,14,15). The molecule has 0 aromatic rings. The zero-order valence-electron chi connectivity index (χ0n) is 10.2. The second-order valence-corrected chi connectivity index (χ2v) is 5.09. The number of nitrogens with two attached hydrogens (primary N) is 1. The first-order valence-corrected chi connectivity index (χ1v) is 6.44. The third kappa shape index (κ3) is 2.96.